The van der Waals surface area contributed by atoms with Crippen LogP contribution in [0.2, 0.25) is 0 Å². The summed E-state index contributed by atoms with van der Waals surface area (Å²) in [5.74, 6) is -0.358. The number of ether oxygens (including phenoxy) is 1. The molecule has 0 aliphatic rings. The zero-order chi connectivity index (χ0) is 15.4. The molecule has 1 heterocycles. The maximum atomic E-state index is 12.9. The molecule has 110 valence electrons. The summed E-state index contributed by atoms with van der Waals surface area (Å²) in [7, 11) is 1.40. The number of hydrogen-bond acceptors (Lipinski definition) is 3. The number of imidazole rings is 1. The van der Waals surface area contributed by atoms with Gasteiger partial charge in [-0.3, -0.25) is 0 Å². The number of rotatable bonds is 4. The molecule has 0 saturated heterocycles. The Kier molecular flexibility index (Phi) is 3.74. The first-order valence-electron chi connectivity index (χ1n) is 6.98. The van der Waals surface area contributed by atoms with Gasteiger partial charge in [-0.05, 0) is 11.1 Å². The molecule has 3 rings (SSSR count). The maximum Gasteiger partial charge on any atom is 0.341 e. The van der Waals surface area contributed by atoms with Crippen molar-refractivity contribution in [2.45, 2.75) is 5.54 Å². The fourth-order valence-electron chi connectivity index (χ4n) is 2.77. The molecule has 4 nitrogen and oxygen atoms in total. The molecule has 0 unspecified atom stereocenters. The first kappa shape index (κ1) is 14.1. The van der Waals surface area contributed by atoms with Gasteiger partial charge in [0.1, 0.15) is 0 Å². The minimum atomic E-state index is -1.09. The largest absolute Gasteiger partial charge is 0.467 e. The molecule has 0 atom stereocenters. The standard InChI is InChI=1S/C18H16N2O2/c1-22-17(21)18(20-13-12-19-14-20,15-8-4-2-5-9-15)16-10-6-3-7-11-16/h2-14H,1H3. The first-order chi connectivity index (χ1) is 10.8. The van der Waals surface area contributed by atoms with E-state index in [9.17, 15) is 4.79 Å². The molecule has 2 aromatic carbocycles. The monoisotopic (exact) mass is 292 g/mol. The van der Waals surface area contributed by atoms with Gasteiger partial charge in [0.05, 0.1) is 13.4 Å². The molecule has 0 aliphatic heterocycles. The lowest BCUT2D eigenvalue weighted by Crippen LogP contribution is -2.44. The maximum absolute atomic E-state index is 12.9. The summed E-state index contributed by atoms with van der Waals surface area (Å²) >= 11 is 0. The molecule has 0 saturated carbocycles. The summed E-state index contributed by atoms with van der Waals surface area (Å²) in [5.41, 5.74) is 0.561. The summed E-state index contributed by atoms with van der Waals surface area (Å²) in [5, 5.41) is 0. The van der Waals surface area contributed by atoms with Crippen molar-refractivity contribution in [3.8, 4) is 0 Å². The lowest BCUT2D eigenvalue weighted by atomic mass is 9.82. The zero-order valence-corrected chi connectivity index (χ0v) is 12.2. The number of hydrogen-bond donors (Lipinski definition) is 0. The van der Waals surface area contributed by atoms with Crippen LogP contribution in [0.15, 0.2) is 79.4 Å². The van der Waals surface area contributed by atoms with Gasteiger partial charge in [0, 0.05) is 12.4 Å². The Hall–Kier alpha value is -2.88. The third-order valence-corrected chi connectivity index (χ3v) is 3.76. The Morgan fingerprint density at radius 3 is 1.95 bits per heavy atom. The second-order valence-corrected chi connectivity index (χ2v) is 4.90. The van der Waals surface area contributed by atoms with Crippen molar-refractivity contribution in [3.63, 3.8) is 0 Å². The molecule has 0 aliphatic carbocycles. The minimum absolute atomic E-state index is 0.358. The fraction of sp³-hybridized carbons (Fsp3) is 0.111. The van der Waals surface area contributed by atoms with Gasteiger partial charge in [-0.25, -0.2) is 9.78 Å². The van der Waals surface area contributed by atoms with E-state index in [1.165, 1.54) is 7.11 Å². The third kappa shape index (κ3) is 2.09. The van der Waals surface area contributed by atoms with E-state index in [0.717, 1.165) is 11.1 Å². The van der Waals surface area contributed by atoms with Crippen LogP contribution in [0.4, 0.5) is 0 Å². The zero-order valence-electron chi connectivity index (χ0n) is 12.2. The van der Waals surface area contributed by atoms with Gasteiger partial charge in [-0.15, -0.1) is 0 Å². The molecule has 0 spiro atoms. The van der Waals surface area contributed by atoms with Gasteiger partial charge in [0.25, 0.3) is 0 Å². The number of methoxy groups -OCH3 is 1. The van der Waals surface area contributed by atoms with E-state index < -0.39 is 5.54 Å². The Labute approximate surface area is 129 Å². The van der Waals surface area contributed by atoms with Crippen LogP contribution < -0.4 is 0 Å². The van der Waals surface area contributed by atoms with Crippen molar-refractivity contribution >= 4 is 5.97 Å². The first-order valence-corrected chi connectivity index (χ1v) is 6.98. The lowest BCUT2D eigenvalue weighted by molar-refractivity contribution is -0.147. The van der Waals surface area contributed by atoms with Gasteiger partial charge in [-0.1, -0.05) is 60.7 Å². The highest BCUT2D eigenvalue weighted by atomic mass is 16.5. The van der Waals surface area contributed by atoms with Gasteiger partial charge in [0.2, 0.25) is 0 Å². The normalized spacial score (nSPS) is 11.1. The summed E-state index contributed by atoms with van der Waals surface area (Å²) in [4.78, 5) is 17.0. The predicted octanol–water partition coefficient (Wildman–Crippen LogP) is 2.85. The lowest BCUT2D eigenvalue weighted by Gasteiger charge is -2.33. The van der Waals surface area contributed by atoms with Gasteiger partial charge in [-0.2, -0.15) is 0 Å². The van der Waals surface area contributed by atoms with Crippen LogP contribution in [0.3, 0.4) is 0 Å². The second-order valence-electron chi connectivity index (χ2n) is 4.90. The predicted molar refractivity (Wildman–Crippen MR) is 83.3 cm³/mol. The number of carbonyl (C=O) groups excluding carboxylic acids is 1. The summed E-state index contributed by atoms with van der Waals surface area (Å²) in [6.07, 6.45) is 5.07. The molecule has 0 bridgehead atoms. The van der Waals surface area contributed by atoms with Crippen LogP contribution >= 0.6 is 0 Å². The van der Waals surface area contributed by atoms with Crippen molar-refractivity contribution in [2.75, 3.05) is 7.11 Å². The van der Waals surface area contributed by atoms with Crippen molar-refractivity contribution in [2.24, 2.45) is 0 Å². The smallest absolute Gasteiger partial charge is 0.341 e. The van der Waals surface area contributed by atoms with Crippen molar-refractivity contribution in [3.05, 3.63) is 90.5 Å². The average Bonchev–Trinajstić information content (AvgIpc) is 3.12. The molecule has 1 aromatic heterocycles. The number of carbonyl (C=O) groups is 1. The van der Waals surface area contributed by atoms with Gasteiger partial charge in [0.15, 0.2) is 5.54 Å². The molecule has 0 N–H and O–H groups in total. The van der Waals surface area contributed by atoms with Crippen LogP contribution in [0.25, 0.3) is 0 Å². The minimum Gasteiger partial charge on any atom is -0.467 e. The third-order valence-electron chi connectivity index (χ3n) is 3.76. The number of aromatic nitrogens is 2. The van der Waals surface area contributed by atoms with Crippen LogP contribution in [-0.2, 0) is 15.1 Å². The van der Waals surface area contributed by atoms with E-state index in [0.29, 0.717) is 0 Å². The van der Waals surface area contributed by atoms with Crippen LogP contribution in [0, 0.1) is 0 Å². The molecule has 4 heteroatoms. The molecule has 0 fully saturated rings. The van der Waals surface area contributed by atoms with Gasteiger partial charge >= 0.3 is 5.97 Å². The van der Waals surface area contributed by atoms with E-state index in [-0.39, 0.29) is 5.97 Å². The molecule has 3 aromatic rings. The Morgan fingerprint density at radius 2 is 1.55 bits per heavy atom. The second kappa shape index (κ2) is 5.85. The highest BCUT2D eigenvalue weighted by Gasteiger charge is 2.44. The number of benzene rings is 2. The van der Waals surface area contributed by atoms with Crippen LogP contribution in [-0.4, -0.2) is 22.6 Å². The van der Waals surface area contributed by atoms with E-state index in [1.807, 2.05) is 60.7 Å². The molecular weight excluding hydrogens is 276 g/mol. The SMILES string of the molecule is COC(=O)C(c1ccccc1)(c1ccccc1)n1ccnc1. The summed E-state index contributed by atoms with van der Waals surface area (Å²) in [6, 6.07) is 19.2. The van der Waals surface area contributed by atoms with Crippen molar-refractivity contribution in [1.82, 2.24) is 9.55 Å². The Balaban J connectivity index is 2.36. The van der Waals surface area contributed by atoms with E-state index in [1.54, 1.807) is 23.3 Å². The van der Waals surface area contributed by atoms with Crippen LogP contribution in [0.5, 0.6) is 0 Å². The van der Waals surface area contributed by atoms with Crippen molar-refractivity contribution in [1.29, 1.82) is 0 Å². The quantitative estimate of drug-likeness (QED) is 0.695. The Bertz CT molecular complexity index is 698. The topological polar surface area (TPSA) is 44.1 Å². The summed E-state index contributed by atoms with van der Waals surface area (Å²) in [6.45, 7) is 0. The number of esters is 1. The van der Waals surface area contributed by atoms with E-state index in [2.05, 4.69) is 4.98 Å². The summed E-state index contributed by atoms with van der Waals surface area (Å²) < 4.78 is 6.94. The highest BCUT2D eigenvalue weighted by Crippen LogP contribution is 2.35. The Morgan fingerprint density at radius 1 is 1.00 bits per heavy atom. The molecule has 22 heavy (non-hydrogen) atoms. The van der Waals surface area contributed by atoms with E-state index >= 15 is 0 Å². The van der Waals surface area contributed by atoms with Gasteiger partial charge < -0.3 is 9.30 Å². The highest BCUT2D eigenvalue weighted by molar-refractivity contribution is 5.87. The fourth-order valence-corrected chi connectivity index (χ4v) is 2.77. The number of nitrogens with zero attached hydrogens (tertiary/aromatic N) is 2. The van der Waals surface area contributed by atoms with E-state index in [4.69, 9.17) is 4.74 Å². The average molecular weight is 292 g/mol. The molecule has 0 radical (unpaired) electrons. The van der Waals surface area contributed by atoms with Crippen molar-refractivity contribution < 1.29 is 9.53 Å². The molecule has 0 amide bonds. The molecular formula is C18H16N2O2. The van der Waals surface area contributed by atoms with Crippen LogP contribution in [0.1, 0.15) is 11.1 Å².